The van der Waals surface area contributed by atoms with E-state index >= 15 is 0 Å². The molecule has 0 atom stereocenters. The Hall–Kier alpha value is -0.965. The van der Waals surface area contributed by atoms with Crippen LogP contribution in [0.15, 0.2) is 30.3 Å². The zero-order chi connectivity index (χ0) is 8.32. The van der Waals surface area contributed by atoms with Gasteiger partial charge >= 0.3 is 7.11 Å². The molecule has 0 amide bonds. The van der Waals surface area contributed by atoms with Crippen LogP contribution in [0.3, 0.4) is 0 Å². The first-order chi connectivity index (χ1) is 5.08. The summed E-state index contributed by atoms with van der Waals surface area (Å²) in [6, 6.07) is 7.69. The lowest BCUT2D eigenvalue weighted by atomic mass is 10.1. The summed E-state index contributed by atoms with van der Waals surface area (Å²) in [4.78, 5) is 0. The van der Waals surface area contributed by atoms with Gasteiger partial charge in [0.1, 0.15) is 0 Å². The van der Waals surface area contributed by atoms with Gasteiger partial charge in [0.15, 0.2) is 0 Å². The van der Waals surface area contributed by atoms with Gasteiger partial charge in [-0.1, -0.05) is 18.2 Å². The van der Waals surface area contributed by atoms with Gasteiger partial charge in [-0.05, 0) is 12.1 Å². The van der Waals surface area contributed by atoms with E-state index in [-0.39, 0.29) is 5.69 Å². The Morgan fingerprint density at radius 2 is 1.55 bits per heavy atom. The fourth-order valence-corrected chi connectivity index (χ4v) is 0.782. The van der Waals surface area contributed by atoms with Crippen molar-refractivity contribution in [2.45, 2.75) is 0 Å². The molecule has 11 heavy (non-hydrogen) atoms. The first-order valence-corrected chi connectivity index (χ1v) is 3.19. The largest absolute Gasteiger partial charge is 0.734 e. The van der Waals surface area contributed by atoms with Crippen molar-refractivity contribution in [3.05, 3.63) is 30.3 Å². The van der Waals surface area contributed by atoms with Crippen LogP contribution >= 0.6 is 0 Å². The standard InChI is InChI=1S/C6H7BF3N/c8-7(9,10)11-6-4-2-1-3-5-6/h1-5H,11H2. The number of hydrogen-bond donors (Lipinski definition) is 1. The molecule has 0 bridgehead atoms. The highest BCUT2D eigenvalue weighted by Gasteiger charge is 2.32. The summed E-state index contributed by atoms with van der Waals surface area (Å²) < 4.78 is 35.2. The molecule has 0 saturated carbocycles. The molecule has 0 aromatic heterocycles. The third-order valence-electron chi connectivity index (χ3n) is 1.18. The summed E-state index contributed by atoms with van der Waals surface area (Å²) in [6.45, 7) is 0. The SMILES string of the molecule is F[B-](F)(F)[NH2+]c1ccccc1. The molecule has 1 aromatic rings. The summed E-state index contributed by atoms with van der Waals surface area (Å²) in [5.74, 6) is 0. The maximum absolute atomic E-state index is 11.7. The highest BCUT2D eigenvalue weighted by atomic mass is 19.4. The van der Waals surface area contributed by atoms with E-state index in [1.54, 1.807) is 18.2 Å². The molecule has 1 rings (SSSR count). The Morgan fingerprint density at radius 3 is 2.00 bits per heavy atom. The summed E-state index contributed by atoms with van der Waals surface area (Å²) in [6.07, 6.45) is 0. The van der Waals surface area contributed by atoms with Gasteiger partial charge in [-0.3, -0.25) is 0 Å². The lowest BCUT2D eigenvalue weighted by Crippen LogP contribution is -2.91. The van der Waals surface area contributed by atoms with Crippen LogP contribution in [0.25, 0.3) is 0 Å². The molecule has 0 aliphatic rings. The minimum atomic E-state index is -4.81. The fourth-order valence-electron chi connectivity index (χ4n) is 0.782. The Kier molecular flexibility index (Phi) is 2.19. The second-order valence-electron chi connectivity index (χ2n) is 2.20. The van der Waals surface area contributed by atoms with E-state index in [2.05, 4.69) is 0 Å². The molecule has 0 aliphatic heterocycles. The normalized spacial score (nSPS) is 11.5. The lowest BCUT2D eigenvalue weighted by molar-refractivity contribution is -0.470. The molecular weight excluding hydrogens is 154 g/mol. The van der Waals surface area contributed by atoms with Crippen LogP contribution in [0.5, 0.6) is 0 Å². The number of benzene rings is 1. The van der Waals surface area contributed by atoms with Gasteiger partial charge in [-0.25, -0.2) is 0 Å². The molecule has 0 saturated heterocycles. The first-order valence-electron chi connectivity index (χ1n) is 3.19. The van der Waals surface area contributed by atoms with Crippen molar-refractivity contribution in [3.63, 3.8) is 0 Å². The zero-order valence-electron chi connectivity index (χ0n) is 5.68. The number of rotatable bonds is 2. The van der Waals surface area contributed by atoms with Gasteiger partial charge < -0.3 is 18.2 Å². The highest BCUT2D eigenvalue weighted by Crippen LogP contribution is 2.02. The van der Waals surface area contributed by atoms with E-state index < -0.39 is 7.11 Å². The maximum atomic E-state index is 11.7. The first kappa shape index (κ1) is 8.13. The van der Waals surface area contributed by atoms with Gasteiger partial charge in [-0.2, -0.15) is 0 Å². The average molecular weight is 161 g/mol. The van der Waals surface area contributed by atoms with Crippen molar-refractivity contribution < 1.29 is 18.2 Å². The van der Waals surface area contributed by atoms with E-state index in [0.29, 0.717) is 5.23 Å². The maximum Gasteiger partial charge on any atom is 0.734 e. The quantitative estimate of drug-likeness (QED) is 0.496. The van der Waals surface area contributed by atoms with Crippen LogP contribution in [0.1, 0.15) is 0 Å². The summed E-state index contributed by atoms with van der Waals surface area (Å²) in [7, 11) is -4.81. The number of quaternary nitrogens is 1. The second-order valence-corrected chi connectivity index (χ2v) is 2.20. The van der Waals surface area contributed by atoms with Crippen LogP contribution in [0, 0.1) is 0 Å². The van der Waals surface area contributed by atoms with Crippen LogP contribution < -0.4 is 5.23 Å². The molecule has 1 aromatic carbocycles. The summed E-state index contributed by atoms with van der Waals surface area (Å²) >= 11 is 0. The van der Waals surface area contributed by atoms with Gasteiger partial charge in [0.25, 0.3) is 0 Å². The molecule has 1 nitrogen and oxygen atoms in total. The van der Waals surface area contributed by atoms with Crippen molar-refractivity contribution >= 4 is 12.8 Å². The van der Waals surface area contributed by atoms with Gasteiger partial charge in [0.05, 0.1) is 5.69 Å². The van der Waals surface area contributed by atoms with E-state index in [4.69, 9.17) is 0 Å². The number of hydrogen-bond acceptors (Lipinski definition) is 0. The van der Waals surface area contributed by atoms with E-state index in [0.717, 1.165) is 0 Å². The third kappa shape index (κ3) is 3.09. The minimum absolute atomic E-state index is 0.208. The molecule has 0 radical (unpaired) electrons. The topological polar surface area (TPSA) is 16.6 Å². The third-order valence-corrected chi connectivity index (χ3v) is 1.18. The second kappa shape index (κ2) is 2.96. The van der Waals surface area contributed by atoms with Crippen molar-refractivity contribution in [1.82, 2.24) is 0 Å². The van der Waals surface area contributed by atoms with Crippen LogP contribution in [0.2, 0.25) is 0 Å². The molecule has 0 fully saturated rings. The molecule has 0 spiro atoms. The molecular formula is C6H7BF3N. The van der Waals surface area contributed by atoms with Crippen LogP contribution in [-0.4, -0.2) is 7.11 Å². The minimum Gasteiger partial charge on any atom is -0.410 e. The van der Waals surface area contributed by atoms with Gasteiger partial charge in [0, 0.05) is 0 Å². The fraction of sp³-hybridized carbons (Fsp3) is 0. The van der Waals surface area contributed by atoms with Crippen molar-refractivity contribution in [2.24, 2.45) is 0 Å². The predicted octanol–water partition coefficient (Wildman–Crippen LogP) is 1.23. The van der Waals surface area contributed by atoms with E-state index in [1.165, 1.54) is 12.1 Å². The number of nitrogens with two attached hydrogens (primary N) is 1. The Labute approximate surface area is 62.3 Å². The number of halogens is 3. The van der Waals surface area contributed by atoms with Crippen molar-refractivity contribution in [2.75, 3.05) is 0 Å². The smallest absolute Gasteiger partial charge is 0.410 e. The van der Waals surface area contributed by atoms with Crippen LogP contribution in [-0.2, 0) is 0 Å². The van der Waals surface area contributed by atoms with Crippen molar-refractivity contribution in [3.8, 4) is 0 Å². The van der Waals surface area contributed by atoms with Crippen LogP contribution in [0.4, 0.5) is 18.6 Å². The van der Waals surface area contributed by atoms with E-state index in [1.807, 2.05) is 0 Å². The zero-order valence-corrected chi connectivity index (χ0v) is 5.68. The summed E-state index contributed by atoms with van der Waals surface area (Å²) in [5, 5.41) is 0.333. The Morgan fingerprint density at radius 1 is 1.00 bits per heavy atom. The van der Waals surface area contributed by atoms with Gasteiger partial charge in [-0.15, -0.1) is 0 Å². The highest BCUT2D eigenvalue weighted by molar-refractivity contribution is 6.48. The van der Waals surface area contributed by atoms with E-state index in [9.17, 15) is 12.9 Å². The molecule has 60 valence electrons. The Bertz CT molecular complexity index is 221. The monoisotopic (exact) mass is 161 g/mol. The molecule has 0 aliphatic carbocycles. The molecule has 5 heteroatoms. The van der Waals surface area contributed by atoms with Crippen molar-refractivity contribution in [1.29, 1.82) is 0 Å². The predicted molar refractivity (Wildman–Crippen MR) is 37.1 cm³/mol. The molecule has 2 N–H and O–H groups in total. The Balaban J connectivity index is 2.66. The lowest BCUT2D eigenvalue weighted by Gasteiger charge is -2.09. The van der Waals surface area contributed by atoms with Gasteiger partial charge in [0.2, 0.25) is 0 Å². The summed E-state index contributed by atoms with van der Waals surface area (Å²) in [5.41, 5.74) is 0.208. The molecule has 0 unspecified atom stereocenters. The molecule has 0 heterocycles. The average Bonchev–Trinajstić information content (AvgIpc) is 1.85.